The summed E-state index contributed by atoms with van der Waals surface area (Å²) < 4.78 is 8.35. The fourth-order valence-electron chi connectivity index (χ4n) is 4.24. The van der Waals surface area contributed by atoms with Gasteiger partial charge in [0.25, 0.3) is 0 Å². The topological polar surface area (TPSA) is 30.3 Å². The predicted molar refractivity (Wildman–Crippen MR) is 117 cm³/mol. The molecule has 1 heterocycles. The van der Waals surface area contributed by atoms with Crippen LogP contribution < -0.4 is 4.74 Å². The molecule has 0 spiro atoms. The summed E-state index contributed by atoms with van der Waals surface area (Å²) >= 11 is 13.0. The smallest absolute Gasteiger partial charge is 0.143 e. The average molecular weight is 424 g/mol. The highest BCUT2D eigenvalue weighted by atomic mass is 35.5. The third-order valence-corrected chi connectivity index (χ3v) is 6.46. The standard InChI is InChI=1S/C22H31Cl2N3O/c1-26(2)13-7-15-28-21-17(10-11-18(23)20(21)24)19(16-8-5-4-6-9-16)22-25-12-14-27(22)3/h10-12,14,16,19H,4-9,13,15H2,1-3H3. The molecule has 0 N–H and O–H groups in total. The molecule has 3 rings (SSSR count). The molecule has 0 saturated heterocycles. The van der Waals surface area contributed by atoms with E-state index in [-0.39, 0.29) is 5.92 Å². The van der Waals surface area contributed by atoms with E-state index < -0.39 is 0 Å². The Balaban J connectivity index is 1.96. The fourth-order valence-corrected chi connectivity index (χ4v) is 4.62. The van der Waals surface area contributed by atoms with Gasteiger partial charge in [-0.25, -0.2) is 4.98 Å². The summed E-state index contributed by atoms with van der Waals surface area (Å²) in [7, 11) is 6.20. The van der Waals surface area contributed by atoms with E-state index in [1.54, 1.807) is 0 Å². The summed E-state index contributed by atoms with van der Waals surface area (Å²) in [4.78, 5) is 6.86. The lowest BCUT2D eigenvalue weighted by atomic mass is 9.76. The molecule has 0 bridgehead atoms. The number of benzene rings is 1. The number of imidazole rings is 1. The lowest BCUT2D eigenvalue weighted by Gasteiger charge is -2.31. The number of rotatable bonds is 8. The van der Waals surface area contributed by atoms with Crippen LogP contribution in [0.25, 0.3) is 0 Å². The van der Waals surface area contributed by atoms with E-state index in [0.29, 0.717) is 22.6 Å². The van der Waals surface area contributed by atoms with Crippen LogP contribution >= 0.6 is 23.2 Å². The first-order valence-electron chi connectivity index (χ1n) is 10.2. The highest BCUT2D eigenvalue weighted by Crippen LogP contribution is 2.46. The van der Waals surface area contributed by atoms with E-state index in [1.807, 2.05) is 18.5 Å². The third-order valence-electron chi connectivity index (χ3n) is 5.67. The van der Waals surface area contributed by atoms with Crippen molar-refractivity contribution >= 4 is 23.2 Å². The Morgan fingerprint density at radius 2 is 1.96 bits per heavy atom. The van der Waals surface area contributed by atoms with Crippen molar-refractivity contribution in [1.82, 2.24) is 14.5 Å². The minimum atomic E-state index is 0.166. The van der Waals surface area contributed by atoms with Crippen molar-refractivity contribution in [3.05, 3.63) is 46.0 Å². The van der Waals surface area contributed by atoms with E-state index in [1.165, 1.54) is 32.1 Å². The largest absolute Gasteiger partial charge is 0.492 e. The Kier molecular flexibility index (Phi) is 7.67. The van der Waals surface area contributed by atoms with Gasteiger partial charge in [0.15, 0.2) is 0 Å². The van der Waals surface area contributed by atoms with Crippen molar-refractivity contribution < 1.29 is 4.74 Å². The van der Waals surface area contributed by atoms with Gasteiger partial charge in [0.05, 0.1) is 11.6 Å². The molecule has 4 nitrogen and oxygen atoms in total. The molecule has 1 aromatic carbocycles. The van der Waals surface area contributed by atoms with Crippen LogP contribution in [0.5, 0.6) is 5.75 Å². The maximum absolute atomic E-state index is 6.63. The van der Waals surface area contributed by atoms with E-state index >= 15 is 0 Å². The maximum atomic E-state index is 6.63. The Morgan fingerprint density at radius 1 is 1.21 bits per heavy atom. The van der Waals surface area contributed by atoms with Gasteiger partial charge in [-0.3, -0.25) is 0 Å². The van der Waals surface area contributed by atoms with E-state index in [2.05, 4.69) is 36.7 Å². The Bertz CT molecular complexity index is 769. The van der Waals surface area contributed by atoms with Crippen LogP contribution in [0.4, 0.5) is 0 Å². The van der Waals surface area contributed by atoms with Crippen molar-refractivity contribution in [3.63, 3.8) is 0 Å². The lowest BCUT2D eigenvalue weighted by molar-refractivity contribution is 0.270. The summed E-state index contributed by atoms with van der Waals surface area (Å²) in [5.74, 6) is 2.50. The Morgan fingerprint density at radius 3 is 2.61 bits per heavy atom. The van der Waals surface area contributed by atoms with Crippen molar-refractivity contribution in [1.29, 1.82) is 0 Å². The van der Waals surface area contributed by atoms with Gasteiger partial charge in [-0.15, -0.1) is 0 Å². The minimum Gasteiger partial charge on any atom is -0.492 e. The van der Waals surface area contributed by atoms with Crippen LogP contribution in [0.2, 0.25) is 10.0 Å². The average Bonchev–Trinajstić information content (AvgIpc) is 3.10. The van der Waals surface area contributed by atoms with Crippen LogP contribution in [-0.4, -0.2) is 41.7 Å². The van der Waals surface area contributed by atoms with E-state index in [9.17, 15) is 0 Å². The van der Waals surface area contributed by atoms with Crippen LogP contribution in [0, 0.1) is 5.92 Å². The van der Waals surface area contributed by atoms with Gasteiger partial charge in [-0.2, -0.15) is 0 Å². The second-order valence-corrected chi connectivity index (χ2v) is 8.84. The lowest BCUT2D eigenvalue weighted by Crippen LogP contribution is -2.22. The zero-order valence-electron chi connectivity index (χ0n) is 17.1. The second kappa shape index (κ2) is 10.00. The molecule has 1 atom stereocenters. The summed E-state index contributed by atoms with van der Waals surface area (Å²) in [6.07, 6.45) is 11.1. The van der Waals surface area contributed by atoms with Crippen LogP contribution in [0.1, 0.15) is 55.8 Å². The van der Waals surface area contributed by atoms with Gasteiger partial charge in [0, 0.05) is 37.5 Å². The summed E-state index contributed by atoms with van der Waals surface area (Å²) in [6.45, 7) is 1.59. The first kappa shape index (κ1) is 21.5. The molecule has 0 aliphatic heterocycles. The SMILES string of the molecule is CN(C)CCCOc1c(C(c2nccn2C)C2CCCCC2)ccc(Cl)c1Cl. The molecule has 154 valence electrons. The van der Waals surface area contributed by atoms with Gasteiger partial charge in [0.2, 0.25) is 0 Å². The number of aryl methyl sites for hydroxylation is 1. The highest BCUT2D eigenvalue weighted by molar-refractivity contribution is 6.43. The molecule has 1 aromatic heterocycles. The number of ether oxygens (including phenoxy) is 1. The normalized spacial score (nSPS) is 16.5. The molecule has 0 radical (unpaired) electrons. The molecule has 1 saturated carbocycles. The zero-order valence-corrected chi connectivity index (χ0v) is 18.6. The van der Waals surface area contributed by atoms with Gasteiger partial charge in [-0.05, 0) is 45.3 Å². The van der Waals surface area contributed by atoms with Crippen LogP contribution in [-0.2, 0) is 7.05 Å². The first-order chi connectivity index (χ1) is 13.5. The fraction of sp³-hybridized carbons (Fsp3) is 0.591. The van der Waals surface area contributed by atoms with Gasteiger partial charge in [-0.1, -0.05) is 48.5 Å². The van der Waals surface area contributed by atoms with Crippen molar-refractivity contribution in [2.45, 2.75) is 44.4 Å². The van der Waals surface area contributed by atoms with E-state index in [0.717, 1.165) is 30.1 Å². The molecule has 0 amide bonds. The molecular formula is C22H31Cl2N3O. The number of halogens is 2. The Labute approximate surface area is 178 Å². The molecule has 1 unspecified atom stereocenters. The molecule has 2 aromatic rings. The van der Waals surface area contributed by atoms with E-state index in [4.69, 9.17) is 32.9 Å². The van der Waals surface area contributed by atoms with Gasteiger partial charge < -0.3 is 14.2 Å². The minimum absolute atomic E-state index is 0.166. The van der Waals surface area contributed by atoms with Crippen LogP contribution in [0.3, 0.4) is 0 Å². The summed E-state index contributed by atoms with van der Waals surface area (Å²) in [5.41, 5.74) is 1.11. The second-order valence-electron chi connectivity index (χ2n) is 8.06. The molecule has 28 heavy (non-hydrogen) atoms. The molecule has 1 aliphatic rings. The van der Waals surface area contributed by atoms with Gasteiger partial charge >= 0.3 is 0 Å². The molecule has 1 fully saturated rings. The molecular weight excluding hydrogens is 393 g/mol. The number of aromatic nitrogens is 2. The zero-order chi connectivity index (χ0) is 20.1. The van der Waals surface area contributed by atoms with Crippen molar-refractivity contribution in [3.8, 4) is 5.75 Å². The monoisotopic (exact) mass is 423 g/mol. The number of nitrogens with zero attached hydrogens (tertiary/aromatic N) is 3. The highest BCUT2D eigenvalue weighted by Gasteiger charge is 2.32. The number of hydrogen-bond acceptors (Lipinski definition) is 3. The molecule has 6 heteroatoms. The summed E-state index contributed by atoms with van der Waals surface area (Å²) in [6, 6.07) is 3.98. The first-order valence-corrected chi connectivity index (χ1v) is 11.0. The maximum Gasteiger partial charge on any atom is 0.143 e. The van der Waals surface area contributed by atoms with Crippen molar-refractivity contribution in [2.75, 3.05) is 27.2 Å². The van der Waals surface area contributed by atoms with Crippen LogP contribution in [0.15, 0.2) is 24.5 Å². The third kappa shape index (κ3) is 5.03. The summed E-state index contributed by atoms with van der Waals surface area (Å²) in [5, 5.41) is 1.05. The quantitative estimate of drug-likeness (QED) is 0.504. The molecule has 1 aliphatic carbocycles. The number of hydrogen-bond donors (Lipinski definition) is 0. The van der Waals surface area contributed by atoms with Gasteiger partial charge in [0.1, 0.15) is 16.6 Å². The Hall–Kier alpha value is -1.23. The van der Waals surface area contributed by atoms with Crippen molar-refractivity contribution in [2.24, 2.45) is 13.0 Å². The predicted octanol–water partition coefficient (Wildman–Crippen LogP) is 5.77.